The molecule has 0 bridgehead atoms. The van der Waals surface area contributed by atoms with Gasteiger partial charge in [0.25, 0.3) is 5.91 Å². The Morgan fingerprint density at radius 3 is 2.95 bits per heavy atom. The van der Waals surface area contributed by atoms with Gasteiger partial charge in [0, 0.05) is 44.3 Å². The van der Waals surface area contributed by atoms with Crippen LogP contribution in [0.2, 0.25) is 0 Å². The number of imidazole rings is 1. The van der Waals surface area contributed by atoms with Crippen molar-refractivity contribution in [2.75, 3.05) is 26.7 Å². The number of nitrogens with one attached hydrogen (secondary N) is 1. The van der Waals surface area contributed by atoms with Crippen LogP contribution in [-0.2, 0) is 0 Å². The number of amides is 1. The Morgan fingerprint density at radius 2 is 2.23 bits per heavy atom. The van der Waals surface area contributed by atoms with Crippen LogP contribution in [-0.4, -0.2) is 56.9 Å². The predicted octanol–water partition coefficient (Wildman–Crippen LogP) is 1.67. The predicted molar refractivity (Wildman–Crippen MR) is 82.6 cm³/mol. The summed E-state index contributed by atoms with van der Waals surface area (Å²) in [6.07, 6.45) is 8.01. The van der Waals surface area contributed by atoms with Crippen molar-refractivity contribution in [2.45, 2.75) is 24.9 Å². The van der Waals surface area contributed by atoms with Gasteiger partial charge >= 0.3 is 0 Å². The third-order valence-electron chi connectivity index (χ3n) is 4.71. The summed E-state index contributed by atoms with van der Waals surface area (Å²) in [7, 11) is 2.09. The minimum absolute atomic E-state index is 0.136. The Kier molecular flexibility index (Phi) is 3.26. The number of carbonyl (C=O) groups excluding carboxylic acids is 1. The van der Waals surface area contributed by atoms with Gasteiger partial charge in [0.1, 0.15) is 11.5 Å². The summed E-state index contributed by atoms with van der Waals surface area (Å²) in [6, 6.07) is 4.59. The lowest BCUT2D eigenvalue weighted by atomic mass is 10.1. The fraction of sp³-hybridized carbons (Fsp3) is 0.500. The number of aromatic amines is 1. The van der Waals surface area contributed by atoms with Crippen molar-refractivity contribution in [3.05, 3.63) is 42.2 Å². The van der Waals surface area contributed by atoms with E-state index < -0.39 is 0 Å². The summed E-state index contributed by atoms with van der Waals surface area (Å²) in [4.78, 5) is 24.6. The molecule has 1 N–H and O–H groups in total. The van der Waals surface area contributed by atoms with Crippen molar-refractivity contribution in [1.29, 1.82) is 0 Å². The van der Waals surface area contributed by atoms with Crippen LogP contribution in [0.15, 0.2) is 30.7 Å². The van der Waals surface area contributed by atoms with Gasteiger partial charge in [-0.1, -0.05) is 0 Å². The standard InChI is InChI=1S/C16H21N5O/c1-19-9-10-20(11-14(19)15-17-6-7-18-15)16(22)13-3-2-8-21(13)12-4-5-12/h2-3,6-8,12,14H,4-5,9-11H2,1H3,(H,17,18)/t14-/m0/s1. The fourth-order valence-corrected chi connectivity index (χ4v) is 3.22. The van der Waals surface area contributed by atoms with Gasteiger partial charge in [-0.05, 0) is 32.0 Å². The lowest BCUT2D eigenvalue weighted by Crippen LogP contribution is -2.49. The lowest BCUT2D eigenvalue weighted by Gasteiger charge is -2.38. The molecule has 0 radical (unpaired) electrons. The first-order valence-corrected chi connectivity index (χ1v) is 7.89. The molecule has 22 heavy (non-hydrogen) atoms. The molecule has 0 aromatic carbocycles. The van der Waals surface area contributed by atoms with Crippen molar-refractivity contribution in [3.63, 3.8) is 0 Å². The summed E-state index contributed by atoms with van der Waals surface area (Å²) in [5.74, 6) is 1.07. The van der Waals surface area contributed by atoms with Gasteiger partial charge in [0.15, 0.2) is 0 Å². The first-order valence-electron chi connectivity index (χ1n) is 7.89. The van der Waals surface area contributed by atoms with Gasteiger partial charge in [-0.25, -0.2) is 4.98 Å². The molecule has 1 atom stereocenters. The van der Waals surface area contributed by atoms with Crippen LogP contribution < -0.4 is 0 Å². The minimum atomic E-state index is 0.136. The molecule has 3 heterocycles. The molecule has 116 valence electrons. The number of carbonyl (C=O) groups is 1. The molecule has 1 saturated heterocycles. The van der Waals surface area contributed by atoms with Crippen LogP contribution in [0.1, 0.15) is 41.2 Å². The highest BCUT2D eigenvalue weighted by Gasteiger charge is 2.33. The molecule has 2 aliphatic rings. The Hall–Kier alpha value is -2.08. The van der Waals surface area contributed by atoms with Crippen LogP contribution in [0.4, 0.5) is 0 Å². The number of rotatable bonds is 3. The average molecular weight is 299 g/mol. The van der Waals surface area contributed by atoms with Gasteiger partial charge in [-0.2, -0.15) is 0 Å². The number of hydrogen-bond acceptors (Lipinski definition) is 3. The van der Waals surface area contributed by atoms with Gasteiger partial charge in [-0.3, -0.25) is 9.69 Å². The maximum Gasteiger partial charge on any atom is 0.270 e. The third-order valence-corrected chi connectivity index (χ3v) is 4.71. The van der Waals surface area contributed by atoms with E-state index >= 15 is 0 Å². The van der Waals surface area contributed by atoms with Crippen LogP contribution >= 0.6 is 0 Å². The molecule has 6 nitrogen and oxygen atoms in total. The molecular weight excluding hydrogens is 278 g/mol. The van der Waals surface area contributed by atoms with Gasteiger partial charge in [0.2, 0.25) is 0 Å². The number of likely N-dealkylation sites (N-methyl/N-ethyl adjacent to an activating group) is 1. The smallest absolute Gasteiger partial charge is 0.270 e. The number of hydrogen-bond donors (Lipinski definition) is 1. The normalized spacial score (nSPS) is 23.0. The van der Waals surface area contributed by atoms with Crippen LogP contribution in [0.3, 0.4) is 0 Å². The number of piperazine rings is 1. The van der Waals surface area contributed by atoms with Crippen molar-refractivity contribution in [1.82, 2.24) is 24.3 Å². The average Bonchev–Trinajstić information content (AvgIpc) is 3.04. The van der Waals surface area contributed by atoms with E-state index in [2.05, 4.69) is 26.5 Å². The van der Waals surface area contributed by atoms with Crippen molar-refractivity contribution in [2.24, 2.45) is 0 Å². The maximum atomic E-state index is 12.9. The first kappa shape index (κ1) is 13.6. The zero-order chi connectivity index (χ0) is 15.1. The zero-order valence-electron chi connectivity index (χ0n) is 12.8. The topological polar surface area (TPSA) is 57.2 Å². The second kappa shape index (κ2) is 5.28. The van der Waals surface area contributed by atoms with E-state index in [0.29, 0.717) is 12.6 Å². The van der Waals surface area contributed by atoms with E-state index in [0.717, 1.165) is 24.6 Å². The molecular formula is C16H21N5O. The second-order valence-corrected chi connectivity index (χ2v) is 6.25. The highest BCUT2D eigenvalue weighted by Crippen LogP contribution is 2.36. The quantitative estimate of drug-likeness (QED) is 0.938. The summed E-state index contributed by atoms with van der Waals surface area (Å²) in [5, 5.41) is 0. The maximum absolute atomic E-state index is 12.9. The minimum Gasteiger partial charge on any atom is -0.347 e. The largest absolute Gasteiger partial charge is 0.347 e. The molecule has 1 aliphatic carbocycles. The van der Waals surface area contributed by atoms with Crippen LogP contribution in [0, 0.1) is 0 Å². The van der Waals surface area contributed by atoms with E-state index in [1.807, 2.05) is 29.4 Å². The molecule has 2 fully saturated rings. The number of H-pyrrole nitrogens is 1. The van der Waals surface area contributed by atoms with Gasteiger partial charge < -0.3 is 14.5 Å². The second-order valence-electron chi connectivity index (χ2n) is 6.25. The number of aromatic nitrogens is 3. The van der Waals surface area contributed by atoms with E-state index in [-0.39, 0.29) is 11.9 Å². The third kappa shape index (κ3) is 2.33. The van der Waals surface area contributed by atoms with Crippen molar-refractivity contribution < 1.29 is 4.79 Å². The Morgan fingerprint density at radius 1 is 1.36 bits per heavy atom. The zero-order valence-corrected chi connectivity index (χ0v) is 12.8. The molecule has 1 aliphatic heterocycles. The first-order chi connectivity index (χ1) is 10.7. The molecule has 6 heteroatoms. The lowest BCUT2D eigenvalue weighted by molar-refractivity contribution is 0.0524. The summed E-state index contributed by atoms with van der Waals surface area (Å²) in [5.41, 5.74) is 0.824. The molecule has 4 rings (SSSR count). The van der Waals surface area contributed by atoms with Crippen LogP contribution in [0.5, 0.6) is 0 Å². The van der Waals surface area contributed by atoms with Gasteiger partial charge in [0.05, 0.1) is 6.04 Å². The van der Waals surface area contributed by atoms with Crippen LogP contribution in [0.25, 0.3) is 0 Å². The summed E-state index contributed by atoms with van der Waals surface area (Å²) in [6.45, 7) is 2.31. The molecule has 0 spiro atoms. The molecule has 0 unspecified atom stereocenters. The van der Waals surface area contributed by atoms with Crippen molar-refractivity contribution >= 4 is 5.91 Å². The molecule has 2 aromatic rings. The van der Waals surface area contributed by atoms with Gasteiger partial charge in [-0.15, -0.1) is 0 Å². The highest BCUT2D eigenvalue weighted by molar-refractivity contribution is 5.93. The van der Waals surface area contributed by atoms with E-state index in [4.69, 9.17) is 0 Å². The SMILES string of the molecule is CN1CCN(C(=O)c2cccn2C2CC2)C[C@H]1c1ncc[nH]1. The molecule has 1 saturated carbocycles. The Bertz CT molecular complexity index is 658. The molecule has 1 amide bonds. The highest BCUT2D eigenvalue weighted by atomic mass is 16.2. The van der Waals surface area contributed by atoms with E-state index in [9.17, 15) is 4.79 Å². The summed E-state index contributed by atoms with van der Waals surface area (Å²) >= 11 is 0. The number of nitrogens with zero attached hydrogens (tertiary/aromatic N) is 4. The Labute approximate surface area is 129 Å². The van der Waals surface area contributed by atoms with E-state index in [1.165, 1.54) is 12.8 Å². The Balaban J connectivity index is 1.54. The fourth-order valence-electron chi connectivity index (χ4n) is 3.22. The van der Waals surface area contributed by atoms with Crippen molar-refractivity contribution in [3.8, 4) is 0 Å². The monoisotopic (exact) mass is 299 g/mol. The summed E-state index contributed by atoms with van der Waals surface area (Å²) < 4.78 is 2.14. The molecule has 2 aromatic heterocycles. The van der Waals surface area contributed by atoms with E-state index in [1.54, 1.807) is 6.20 Å².